The number of hydrogen-bond acceptors (Lipinski definition) is 4. The first-order valence-corrected chi connectivity index (χ1v) is 11.2. The van der Waals surface area contributed by atoms with Gasteiger partial charge in [0.15, 0.2) is 5.69 Å². The highest BCUT2D eigenvalue weighted by Gasteiger charge is 2.27. The van der Waals surface area contributed by atoms with Crippen LogP contribution in [0.3, 0.4) is 0 Å². The van der Waals surface area contributed by atoms with E-state index in [2.05, 4.69) is 10.5 Å². The van der Waals surface area contributed by atoms with Crippen molar-refractivity contribution in [1.29, 1.82) is 0 Å². The number of aromatic nitrogens is 2. The van der Waals surface area contributed by atoms with Crippen LogP contribution in [0.4, 0.5) is 0 Å². The molecule has 2 amide bonds. The van der Waals surface area contributed by atoms with Gasteiger partial charge >= 0.3 is 0 Å². The molecule has 3 heterocycles. The fourth-order valence-corrected chi connectivity index (χ4v) is 4.99. The van der Waals surface area contributed by atoms with E-state index in [0.717, 1.165) is 17.7 Å². The van der Waals surface area contributed by atoms with Gasteiger partial charge < -0.3 is 0 Å². The number of carbonyl (C=O) groups excluding carboxylic acids is 2. The van der Waals surface area contributed by atoms with Crippen LogP contribution in [-0.4, -0.2) is 33.1 Å². The molecule has 6 nitrogen and oxygen atoms in total. The Hall–Kier alpha value is -2.06. The van der Waals surface area contributed by atoms with Crippen LogP contribution in [0.15, 0.2) is 30.3 Å². The van der Waals surface area contributed by atoms with Crippen molar-refractivity contribution < 1.29 is 9.59 Å². The monoisotopic (exact) mass is 482 g/mol. The largest absolute Gasteiger partial charge is 0.290 e. The fourth-order valence-electron chi connectivity index (χ4n) is 3.37. The molecular weight excluding hydrogens is 467 g/mol. The minimum Gasteiger partial charge on any atom is -0.273 e. The lowest BCUT2D eigenvalue weighted by Gasteiger charge is -2.26. The summed E-state index contributed by atoms with van der Waals surface area (Å²) in [5.74, 6) is -0.548. The molecule has 10 heteroatoms. The summed E-state index contributed by atoms with van der Waals surface area (Å²) < 4.78 is 2.23. The Morgan fingerprint density at radius 1 is 1.17 bits per heavy atom. The molecule has 1 aliphatic rings. The lowest BCUT2D eigenvalue weighted by Crippen LogP contribution is -2.48. The summed E-state index contributed by atoms with van der Waals surface area (Å²) in [6.45, 7) is 2.30. The van der Waals surface area contributed by atoms with Crippen molar-refractivity contribution in [3.8, 4) is 16.3 Å². The van der Waals surface area contributed by atoms with Crippen molar-refractivity contribution in [3.05, 3.63) is 56.0 Å². The summed E-state index contributed by atoms with van der Waals surface area (Å²) in [5, 5.41) is 6.80. The maximum Gasteiger partial charge on any atom is 0.290 e. The number of thiophene rings is 1. The van der Waals surface area contributed by atoms with Crippen LogP contribution >= 0.6 is 46.1 Å². The summed E-state index contributed by atoms with van der Waals surface area (Å²) >= 11 is 20.0. The molecule has 2 aromatic heterocycles. The lowest BCUT2D eigenvalue weighted by atomic mass is 10.1. The van der Waals surface area contributed by atoms with Gasteiger partial charge in [0, 0.05) is 23.6 Å². The molecule has 0 atom stereocenters. The lowest BCUT2D eigenvalue weighted by molar-refractivity contribution is -0.135. The van der Waals surface area contributed by atoms with Gasteiger partial charge in [-0.3, -0.25) is 20.0 Å². The number of benzene rings is 1. The average Bonchev–Trinajstić information content (AvgIpc) is 3.26. The quantitative estimate of drug-likeness (QED) is 0.531. The predicted octanol–water partition coefficient (Wildman–Crippen LogP) is 5.53. The van der Waals surface area contributed by atoms with Crippen LogP contribution < -0.4 is 5.43 Å². The van der Waals surface area contributed by atoms with E-state index in [-0.39, 0.29) is 11.6 Å². The van der Waals surface area contributed by atoms with Crippen LogP contribution in [0.2, 0.25) is 14.4 Å². The van der Waals surface area contributed by atoms with Gasteiger partial charge in [-0.15, -0.1) is 11.3 Å². The molecule has 0 saturated carbocycles. The van der Waals surface area contributed by atoms with Gasteiger partial charge in [0.05, 0.1) is 25.6 Å². The second-order valence-electron chi connectivity index (χ2n) is 6.88. The van der Waals surface area contributed by atoms with Gasteiger partial charge in [-0.2, -0.15) is 5.10 Å². The third-order valence-electron chi connectivity index (χ3n) is 4.84. The van der Waals surface area contributed by atoms with Crippen molar-refractivity contribution in [2.75, 3.05) is 6.54 Å². The number of nitrogens with zero attached hydrogens (tertiary/aromatic N) is 3. The summed E-state index contributed by atoms with van der Waals surface area (Å²) in [7, 11) is 0. The molecule has 1 aliphatic heterocycles. The highest BCUT2D eigenvalue weighted by Crippen LogP contribution is 2.37. The van der Waals surface area contributed by atoms with E-state index in [4.69, 9.17) is 34.8 Å². The molecular formula is C20H17Cl3N4O2S. The molecule has 1 aromatic carbocycles. The maximum absolute atomic E-state index is 13.0. The number of hydrazine groups is 1. The molecule has 1 saturated heterocycles. The van der Waals surface area contributed by atoms with E-state index >= 15 is 0 Å². The zero-order chi connectivity index (χ0) is 21.4. The number of carbonyl (C=O) groups is 2. The second kappa shape index (κ2) is 8.59. The summed E-state index contributed by atoms with van der Waals surface area (Å²) in [4.78, 5) is 25.9. The van der Waals surface area contributed by atoms with Gasteiger partial charge in [0.1, 0.15) is 0 Å². The molecule has 0 bridgehead atoms. The number of nitrogens with one attached hydrogen (secondary N) is 1. The van der Waals surface area contributed by atoms with E-state index in [1.165, 1.54) is 16.3 Å². The van der Waals surface area contributed by atoms with Crippen LogP contribution in [0, 0.1) is 6.92 Å². The van der Waals surface area contributed by atoms with Gasteiger partial charge in [-0.25, -0.2) is 4.68 Å². The number of halogens is 3. The highest BCUT2D eigenvalue weighted by atomic mass is 35.5. The van der Waals surface area contributed by atoms with Gasteiger partial charge in [0.25, 0.3) is 5.91 Å². The summed E-state index contributed by atoms with van der Waals surface area (Å²) in [5.41, 5.74) is 4.83. The molecule has 4 rings (SSSR count). The van der Waals surface area contributed by atoms with E-state index in [1.54, 1.807) is 28.9 Å². The van der Waals surface area contributed by atoms with Crippen molar-refractivity contribution in [2.24, 2.45) is 0 Å². The minimum absolute atomic E-state index is 0.0994. The number of amides is 2. The topological polar surface area (TPSA) is 67.2 Å². The SMILES string of the molecule is Cc1c(C(=O)NN2CCCCC2=O)nn(-c2ccc(Cl)cc2Cl)c1-c1ccc(Cl)s1. The minimum atomic E-state index is -0.449. The Balaban J connectivity index is 1.79. The molecule has 156 valence electrons. The van der Waals surface area contributed by atoms with Crippen molar-refractivity contribution in [1.82, 2.24) is 20.2 Å². The zero-order valence-electron chi connectivity index (χ0n) is 15.9. The molecule has 1 fully saturated rings. The Morgan fingerprint density at radius 3 is 2.63 bits per heavy atom. The van der Waals surface area contributed by atoms with Crippen molar-refractivity contribution >= 4 is 58.0 Å². The molecule has 3 aromatic rings. The molecule has 1 N–H and O–H groups in total. The maximum atomic E-state index is 13.0. The number of hydrogen-bond donors (Lipinski definition) is 1. The van der Waals surface area contributed by atoms with E-state index in [0.29, 0.717) is 44.3 Å². The Labute approximate surface area is 192 Å². The third kappa shape index (κ3) is 4.07. The first kappa shape index (κ1) is 21.2. The van der Waals surface area contributed by atoms with E-state index in [1.807, 2.05) is 13.0 Å². The molecule has 0 aliphatic carbocycles. The Kier molecular flexibility index (Phi) is 6.06. The average molecular weight is 484 g/mol. The van der Waals surface area contributed by atoms with Crippen molar-refractivity contribution in [2.45, 2.75) is 26.2 Å². The van der Waals surface area contributed by atoms with Crippen molar-refractivity contribution in [3.63, 3.8) is 0 Å². The molecule has 0 spiro atoms. The molecule has 0 radical (unpaired) electrons. The first-order valence-electron chi connectivity index (χ1n) is 9.27. The fraction of sp³-hybridized carbons (Fsp3) is 0.250. The smallest absolute Gasteiger partial charge is 0.273 e. The summed E-state index contributed by atoms with van der Waals surface area (Å²) in [6, 6.07) is 8.72. The van der Waals surface area contributed by atoms with Gasteiger partial charge in [-0.05, 0) is 50.1 Å². The number of piperidine rings is 1. The molecule has 0 unspecified atom stereocenters. The summed E-state index contributed by atoms with van der Waals surface area (Å²) in [6.07, 6.45) is 2.10. The van der Waals surface area contributed by atoms with Crippen LogP contribution in [-0.2, 0) is 4.79 Å². The molecule has 30 heavy (non-hydrogen) atoms. The number of rotatable bonds is 4. The van der Waals surface area contributed by atoms with Gasteiger partial charge in [-0.1, -0.05) is 34.8 Å². The van der Waals surface area contributed by atoms with Crippen LogP contribution in [0.1, 0.15) is 35.3 Å². The Bertz CT molecular complexity index is 1140. The normalized spacial score (nSPS) is 14.3. The van der Waals surface area contributed by atoms with E-state index < -0.39 is 5.91 Å². The predicted molar refractivity (Wildman–Crippen MR) is 120 cm³/mol. The van der Waals surface area contributed by atoms with Crippen LogP contribution in [0.25, 0.3) is 16.3 Å². The van der Waals surface area contributed by atoms with Crippen LogP contribution in [0.5, 0.6) is 0 Å². The third-order valence-corrected chi connectivity index (χ3v) is 6.62. The standard InChI is InChI=1S/C20H17Cl3N4O2S/c1-11-18(20(29)25-26-9-3-2-4-17(26)28)24-27(14-6-5-12(21)10-13(14)22)19(11)15-7-8-16(23)30-15/h5-8,10H,2-4,9H2,1H3,(H,25,29). The van der Waals surface area contributed by atoms with Gasteiger partial charge in [0.2, 0.25) is 5.91 Å². The second-order valence-corrected chi connectivity index (χ2v) is 9.44. The highest BCUT2D eigenvalue weighted by molar-refractivity contribution is 7.19. The Morgan fingerprint density at radius 2 is 1.97 bits per heavy atom. The zero-order valence-corrected chi connectivity index (χ0v) is 19.0. The van der Waals surface area contributed by atoms with E-state index in [9.17, 15) is 9.59 Å². The first-order chi connectivity index (χ1) is 14.3.